The molecule has 4 bridgehead atoms. The number of hydrogen-bond acceptors (Lipinski definition) is 2. The van der Waals surface area contributed by atoms with Crippen molar-refractivity contribution in [2.75, 3.05) is 0 Å². The Morgan fingerprint density at radius 3 is 2.68 bits per heavy atom. The number of nitrogens with one attached hydrogen (secondary N) is 1. The van der Waals surface area contributed by atoms with Gasteiger partial charge in [0.05, 0.1) is 0 Å². The highest BCUT2D eigenvalue weighted by molar-refractivity contribution is 5.10. The van der Waals surface area contributed by atoms with Gasteiger partial charge in [-0.3, -0.25) is 0 Å². The van der Waals surface area contributed by atoms with Crippen LogP contribution in [0.5, 0.6) is 0 Å². The first-order valence-corrected chi connectivity index (χ1v) is 7.81. The average Bonchev–Trinajstić information content (AvgIpc) is 2.78. The average molecular weight is 259 g/mol. The van der Waals surface area contributed by atoms with Crippen LogP contribution in [-0.4, -0.2) is 16.0 Å². The lowest BCUT2D eigenvalue weighted by atomic mass is 9.43. The summed E-state index contributed by atoms with van der Waals surface area (Å²) in [6, 6.07) is 0.281. The van der Waals surface area contributed by atoms with Gasteiger partial charge in [0.15, 0.2) is 0 Å². The van der Waals surface area contributed by atoms with Crippen molar-refractivity contribution in [3.8, 4) is 0 Å². The molecule has 3 N–H and O–H groups in total. The molecule has 0 spiro atoms. The lowest BCUT2D eigenvalue weighted by Gasteiger charge is -2.63. The van der Waals surface area contributed by atoms with Crippen LogP contribution in [-0.2, 0) is 6.42 Å². The Labute approximate surface area is 115 Å². The molecule has 0 amide bonds. The molecule has 3 heteroatoms. The van der Waals surface area contributed by atoms with E-state index in [1.165, 1.54) is 38.5 Å². The molecule has 1 aromatic heterocycles. The summed E-state index contributed by atoms with van der Waals surface area (Å²) in [5.74, 6) is 2.97. The lowest BCUT2D eigenvalue weighted by Crippen LogP contribution is -2.58. The number of nitrogens with two attached hydrogens (primary N) is 1. The largest absolute Gasteiger partial charge is 0.349 e. The van der Waals surface area contributed by atoms with E-state index in [0.717, 1.165) is 24.1 Å². The third-order valence-electron chi connectivity index (χ3n) is 6.15. The lowest BCUT2D eigenvalue weighted by molar-refractivity contribution is -0.113. The van der Waals surface area contributed by atoms with E-state index >= 15 is 0 Å². The summed E-state index contributed by atoms with van der Waals surface area (Å²) in [5, 5.41) is 0. The fraction of sp³-hybridized carbons (Fsp3) is 0.812. The van der Waals surface area contributed by atoms with Gasteiger partial charge < -0.3 is 10.7 Å². The van der Waals surface area contributed by atoms with Gasteiger partial charge in [-0.25, -0.2) is 4.98 Å². The zero-order chi connectivity index (χ0) is 13.1. The zero-order valence-corrected chi connectivity index (χ0v) is 11.9. The maximum absolute atomic E-state index is 6.66. The summed E-state index contributed by atoms with van der Waals surface area (Å²) in [5.41, 5.74) is 7.66. The smallest absolute Gasteiger partial charge is 0.107 e. The number of aromatic nitrogens is 2. The molecule has 5 rings (SSSR count). The van der Waals surface area contributed by atoms with Gasteiger partial charge in [-0.15, -0.1) is 0 Å². The molecule has 4 fully saturated rings. The Morgan fingerprint density at radius 2 is 2.11 bits per heavy atom. The van der Waals surface area contributed by atoms with E-state index in [9.17, 15) is 0 Å². The van der Waals surface area contributed by atoms with Gasteiger partial charge >= 0.3 is 0 Å². The number of H-pyrrole nitrogens is 1. The van der Waals surface area contributed by atoms with Crippen LogP contribution in [0.25, 0.3) is 0 Å². The fourth-order valence-corrected chi connectivity index (χ4v) is 6.07. The zero-order valence-electron chi connectivity index (χ0n) is 11.9. The van der Waals surface area contributed by atoms with Crippen LogP contribution in [0.1, 0.15) is 51.3 Å². The minimum Gasteiger partial charge on any atom is -0.349 e. The maximum Gasteiger partial charge on any atom is 0.107 e. The van der Waals surface area contributed by atoms with Crippen LogP contribution >= 0.6 is 0 Å². The molecule has 104 valence electrons. The van der Waals surface area contributed by atoms with E-state index in [2.05, 4.69) is 16.9 Å². The van der Waals surface area contributed by atoms with Gasteiger partial charge in [-0.1, -0.05) is 6.92 Å². The highest BCUT2D eigenvalue weighted by Crippen LogP contribution is 2.66. The van der Waals surface area contributed by atoms with Crippen molar-refractivity contribution in [2.45, 2.75) is 57.9 Å². The summed E-state index contributed by atoms with van der Waals surface area (Å²) in [4.78, 5) is 7.58. The van der Waals surface area contributed by atoms with Crippen molar-refractivity contribution in [1.29, 1.82) is 0 Å². The van der Waals surface area contributed by atoms with Crippen LogP contribution in [0.4, 0.5) is 0 Å². The number of rotatable bonds is 3. The molecule has 0 aromatic carbocycles. The normalized spacial score (nSPS) is 45.6. The first-order chi connectivity index (χ1) is 9.07. The minimum atomic E-state index is 0.281. The first-order valence-electron chi connectivity index (χ1n) is 7.81. The Balaban J connectivity index is 1.59. The van der Waals surface area contributed by atoms with Crippen LogP contribution < -0.4 is 5.73 Å². The van der Waals surface area contributed by atoms with Crippen LogP contribution in [0.15, 0.2) is 12.4 Å². The predicted octanol–water partition coefficient (Wildman–Crippen LogP) is 2.89. The molecule has 0 saturated heterocycles. The van der Waals surface area contributed by atoms with Gasteiger partial charge in [-0.2, -0.15) is 0 Å². The summed E-state index contributed by atoms with van der Waals surface area (Å²) >= 11 is 0. The van der Waals surface area contributed by atoms with Gasteiger partial charge in [0.2, 0.25) is 0 Å². The maximum atomic E-state index is 6.66. The number of hydrogen-bond donors (Lipinski definition) is 2. The molecule has 4 saturated carbocycles. The van der Waals surface area contributed by atoms with Crippen LogP contribution in [0.2, 0.25) is 0 Å². The van der Waals surface area contributed by atoms with Crippen molar-refractivity contribution in [3.05, 3.63) is 18.2 Å². The third-order valence-corrected chi connectivity index (χ3v) is 6.15. The van der Waals surface area contributed by atoms with E-state index in [-0.39, 0.29) is 6.04 Å². The van der Waals surface area contributed by atoms with Gasteiger partial charge in [0.1, 0.15) is 5.82 Å². The Hall–Kier alpha value is -0.830. The van der Waals surface area contributed by atoms with Crippen molar-refractivity contribution < 1.29 is 0 Å². The molecule has 1 heterocycles. The highest BCUT2D eigenvalue weighted by Gasteiger charge is 2.57. The summed E-state index contributed by atoms with van der Waals surface area (Å²) in [7, 11) is 0. The SMILES string of the molecule is CC12CC3CC(C1)CC(C(N)Cc1ncc[nH]1)(C3)C2. The number of imidazole rings is 1. The van der Waals surface area contributed by atoms with Gasteiger partial charge in [-0.05, 0) is 61.2 Å². The predicted molar refractivity (Wildman–Crippen MR) is 75.5 cm³/mol. The number of aromatic amines is 1. The quantitative estimate of drug-likeness (QED) is 0.877. The molecule has 3 nitrogen and oxygen atoms in total. The molecule has 0 aliphatic heterocycles. The third kappa shape index (κ3) is 1.85. The summed E-state index contributed by atoms with van der Waals surface area (Å²) in [6.07, 6.45) is 13.2. The van der Waals surface area contributed by atoms with E-state index in [1.54, 1.807) is 0 Å². The molecule has 3 unspecified atom stereocenters. The van der Waals surface area contributed by atoms with Crippen LogP contribution in [0.3, 0.4) is 0 Å². The molecular weight excluding hydrogens is 234 g/mol. The first kappa shape index (κ1) is 12.0. The Kier molecular flexibility index (Phi) is 2.42. The second-order valence-corrected chi connectivity index (χ2v) is 7.98. The second kappa shape index (κ2) is 3.85. The van der Waals surface area contributed by atoms with Crippen molar-refractivity contribution >= 4 is 0 Å². The van der Waals surface area contributed by atoms with Gasteiger partial charge in [0.25, 0.3) is 0 Å². The van der Waals surface area contributed by atoms with E-state index in [0.29, 0.717) is 10.8 Å². The second-order valence-electron chi connectivity index (χ2n) is 7.98. The standard InChI is InChI=1S/C16H25N3/c1-15-6-11-4-12(7-15)9-16(8-11,10-15)13(17)5-14-18-2-3-19-14/h2-3,11-13H,4-10,17H2,1H3,(H,18,19). The minimum absolute atomic E-state index is 0.281. The van der Waals surface area contributed by atoms with Crippen molar-refractivity contribution in [1.82, 2.24) is 9.97 Å². The summed E-state index contributed by atoms with van der Waals surface area (Å²) < 4.78 is 0. The number of nitrogens with zero attached hydrogens (tertiary/aromatic N) is 1. The molecule has 1 aromatic rings. The Bertz CT molecular complexity index is 450. The monoisotopic (exact) mass is 259 g/mol. The van der Waals surface area contributed by atoms with Crippen molar-refractivity contribution in [2.24, 2.45) is 28.4 Å². The Morgan fingerprint density at radius 1 is 1.37 bits per heavy atom. The molecule has 0 radical (unpaired) electrons. The molecule has 4 aliphatic rings. The molecule has 3 atom stereocenters. The molecule has 19 heavy (non-hydrogen) atoms. The van der Waals surface area contributed by atoms with E-state index in [1.807, 2.05) is 12.4 Å². The van der Waals surface area contributed by atoms with Crippen molar-refractivity contribution in [3.63, 3.8) is 0 Å². The highest BCUT2D eigenvalue weighted by atomic mass is 14.9. The molecular formula is C16H25N3. The van der Waals surface area contributed by atoms with Crippen LogP contribution in [0, 0.1) is 22.7 Å². The van der Waals surface area contributed by atoms with E-state index < -0.39 is 0 Å². The topological polar surface area (TPSA) is 54.7 Å². The molecule has 4 aliphatic carbocycles. The van der Waals surface area contributed by atoms with Gasteiger partial charge in [0, 0.05) is 24.9 Å². The fourth-order valence-electron chi connectivity index (χ4n) is 6.07. The van der Waals surface area contributed by atoms with E-state index in [4.69, 9.17) is 5.73 Å². The summed E-state index contributed by atoms with van der Waals surface area (Å²) in [6.45, 7) is 2.51.